The third kappa shape index (κ3) is 4.40. The van der Waals surface area contributed by atoms with Crippen LogP contribution >= 0.6 is 11.3 Å². The van der Waals surface area contributed by atoms with E-state index in [0.717, 1.165) is 42.8 Å². The summed E-state index contributed by atoms with van der Waals surface area (Å²) in [4.78, 5) is 23.2. The van der Waals surface area contributed by atoms with Crippen molar-refractivity contribution in [1.29, 1.82) is 0 Å². The number of nitrogens with one attached hydrogen (secondary N) is 2. The first-order valence-corrected chi connectivity index (χ1v) is 8.41. The second kappa shape index (κ2) is 7.89. The summed E-state index contributed by atoms with van der Waals surface area (Å²) in [5, 5.41) is 7.97. The van der Waals surface area contributed by atoms with E-state index in [0.29, 0.717) is 13.1 Å². The third-order valence-corrected chi connectivity index (χ3v) is 4.32. The molecule has 1 amide bonds. The molecule has 3 rings (SSSR count). The lowest BCUT2D eigenvalue weighted by Crippen LogP contribution is -2.36. The fourth-order valence-electron chi connectivity index (χ4n) is 2.27. The van der Waals surface area contributed by atoms with Crippen LogP contribution in [-0.4, -0.2) is 55.3 Å². The Morgan fingerprint density at radius 3 is 2.96 bits per heavy atom. The summed E-state index contributed by atoms with van der Waals surface area (Å²) in [5.74, 6) is 1.61. The van der Waals surface area contributed by atoms with Gasteiger partial charge in [-0.1, -0.05) is 6.07 Å². The molecule has 1 aliphatic rings. The van der Waals surface area contributed by atoms with Gasteiger partial charge in [-0.2, -0.15) is 0 Å². The topological polar surface area (TPSA) is 79.4 Å². The SMILES string of the molecule is O=C(NCCNc1cc(N2CCOCC2)ncn1)c1cccs1. The van der Waals surface area contributed by atoms with Crippen molar-refractivity contribution >= 4 is 28.9 Å². The monoisotopic (exact) mass is 333 g/mol. The molecule has 1 fully saturated rings. The number of ether oxygens (including phenoxy) is 1. The molecule has 2 aromatic heterocycles. The van der Waals surface area contributed by atoms with Gasteiger partial charge in [0.2, 0.25) is 0 Å². The average Bonchev–Trinajstić information content (AvgIpc) is 3.14. The maximum Gasteiger partial charge on any atom is 0.261 e. The summed E-state index contributed by atoms with van der Waals surface area (Å²) in [6, 6.07) is 5.60. The Morgan fingerprint density at radius 2 is 2.17 bits per heavy atom. The highest BCUT2D eigenvalue weighted by Crippen LogP contribution is 2.15. The highest BCUT2D eigenvalue weighted by atomic mass is 32.1. The predicted octanol–water partition coefficient (Wildman–Crippen LogP) is 1.22. The van der Waals surface area contributed by atoms with Crippen LogP contribution in [-0.2, 0) is 4.74 Å². The molecule has 0 saturated carbocycles. The molecule has 7 nitrogen and oxygen atoms in total. The second-order valence-electron chi connectivity index (χ2n) is 5.02. The molecule has 3 heterocycles. The molecular weight excluding hydrogens is 314 g/mol. The van der Waals surface area contributed by atoms with Gasteiger partial charge in [0.15, 0.2) is 0 Å². The van der Waals surface area contributed by atoms with Crippen LogP contribution in [0.1, 0.15) is 9.67 Å². The summed E-state index contributed by atoms with van der Waals surface area (Å²) in [6.07, 6.45) is 1.55. The first-order valence-electron chi connectivity index (χ1n) is 7.53. The minimum atomic E-state index is -0.0431. The highest BCUT2D eigenvalue weighted by Gasteiger charge is 2.13. The van der Waals surface area contributed by atoms with Crippen LogP contribution in [0.5, 0.6) is 0 Å². The lowest BCUT2D eigenvalue weighted by atomic mass is 10.4. The molecular formula is C15H19N5O2S. The molecule has 23 heavy (non-hydrogen) atoms. The largest absolute Gasteiger partial charge is 0.378 e. The first-order chi connectivity index (χ1) is 11.3. The number of hydrogen-bond donors (Lipinski definition) is 2. The zero-order valence-corrected chi connectivity index (χ0v) is 13.5. The zero-order chi connectivity index (χ0) is 15.9. The smallest absolute Gasteiger partial charge is 0.261 e. The molecule has 2 N–H and O–H groups in total. The van der Waals surface area contributed by atoms with Crippen molar-refractivity contribution in [2.45, 2.75) is 0 Å². The molecule has 0 aliphatic carbocycles. The van der Waals surface area contributed by atoms with E-state index in [4.69, 9.17) is 4.74 Å². The van der Waals surface area contributed by atoms with Crippen molar-refractivity contribution in [2.24, 2.45) is 0 Å². The molecule has 2 aromatic rings. The van der Waals surface area contributed by atoms with Gasteiger partial charge in [0.1, 0.15) is 18.0 Å². The minimum absolute atomic E-state index is 0.0431. The molecule has 0 radical (unpaired) electrons. The Hall–Kier alpha value is -2.19. The molecule has 0 spiro atoms. The molecule has 122 valence electrons. The van der Waals surface area contributed by atoms with Crippen LogP contribution in [0.3, 0.4) is 0 Å². The average molecular weight is 333 g/mol. The number of amides is 1. The van der Waals surface area contributed by atoms with Gasteiger partial charge < -0.3 is 20.3 Å². The maximum absolute atomic E-state index is 11.8. The van der Waals surface area contributed by atoms with E-state index >= 15 is 0 Å². The van der Waals surface area contributed by atoms with Crippen molar-refractivity contribution in [2.75, 3.05) is 49.6 Å². The zero-order valence-electron chi connectivity index (χ0n) is 12.7. The van der Waals surface area contributed by atoms with Gasteiger partial charge in [0, 0.05) is 32.2 Å². The van der Waals surface area contributed by atoms with Gasteiger partial charge in [0.05, 0.1) is 18.1 Å². The molecule has 1 aliphatic heterocycles. The number of hydrogen-bond acceptors (Lipinski definition) is 7. The fraction of sp³-hybridized carbons (Fsp3) is 0.400. The third-order valence-electron chi connectivity index (χ3n) is 3.45. The number of anilines is 2. The highest BCUT2D eigenvalue weighted by molar-refractivity contribution is 7.12. The Labute approximate surface area is 138 Å². The summed E-state index contributed by atoms with van der Waals surface area (Å²) in [5.41, 5.74) is 0. The lowest BCUT2D eigenvalue weighted by Gasteiger charge is -2.27. The number of nitrogens with zero attached hydrogens (tertiary/aromatic N) is 3. The van der Waals surface area contributed by atoms with E-state index < -0.39 is 0 Å². The summed E-state index contributed by atoms with van der Waals surface area (Å²) < 4.78 is 5.34. The summed E-state index contributed by atoms with van der Waals surface area (Å²) in [7, 11) is 0. The molecule has 0 unspecified atom stereocenters. The molecule has 1 saturated heterocycles. The van der Waals surface area contributed by atoms with Crippen LogP contribution in [0, 0.1) is 0 Å². The normalized spacial score (nSPS) is 14.5. The van der Waals surface area contributed by atoms with Gasteiger partial charge in [0.25, 0.3) is 5.91 Å². The van der Waals surface area contributed by atoms with Crippen molar-refractivity contribution in [3.05, 3.63) is 34.8 Å². The Kier molecular flexibility index (Phi) is 5.38. The number of thiophene rings is 1. The van der Waals surface area contributed by atoms with Crippen molar-refractivity contribution in [3.63, 3.8) is 0 Å². The van der Waals surface area contributed by atoms with E-state index in [1.54, 1.807) is 6.33 Å². The van der Waals surface area contributed by atoms with E-state index in [9.17, 15) is 4.79 Å². The van der Waals surface area contributed by atoms with Gasteiger partial charge in [-0.05, 0) is 11.4 Å². The maximum atomic E-state index is 11.8. The van der Waals surface area contributed by atoms with Crippen LogP contribution in [0.25, 0.3) is 0 Å². The number of carbonyl (C=O) groups is 1. The van der Waals surface area contributed by atoms with Crippen LogP contribution in [0.15, 0.2) is 29.9 Å². The number of rotatable bonds is 6. The standard InChI is InChI=1S/C15H19N5O2S/c21-15(12-2-1-9-23-12)17-4-3-16-13-10-14(19-11-18-13)20-5-7-22-8-6-20/h1-2,9-11H,3-8H2,(H,17,21)(H,16,18,19). The molecule has 0 bridgehead atoms. The molecule has 0 aromatic carbocycles. The molecule has 0 atom stereocenters. The summed E-state index contributed by atoms with van der Waals surface area (Å²) in [6.45, 7) is 4.27. The minimum Gasteiger partial charge on any atom is -0.378 e. The number of aromatic nitrogens is 2. The van der Waals surface area contributed by atoms with Crippen molar-refractivity contribution in [1.82, 2.24) is 15.3 Å². The Balaban J connectivity index is 1.45. The van der Waals surface area contributed by atoms with E-state index in [-0.39, 0.29) is 5.91 Å². The van der Waals surface area contributed by atoms with Gasteiger partial charge in [-0.3, -0.25) is 4.79 Å². The van der Waals surface area contributed by atoms with Crippen molar-refractivity contribution in [3.8, 4) is 0 Å². The lowest BCUT2D eigenvalue weighted by molar-refractivity contribution is 0.0959. The van der Waals surface area contributed by atoms with E-state index in [1.807, 2.05) is 23.6 Å². The summed E-state index contributed by atoms with van der Waals surface area (Å²) >= 11 is 1.43. The second-order valence-corrected chi connectivity index (χ2v) is 5.97. The van der Waals surface area contributed by atoms with Crippen molar-refractivity contribution < 1.29 is 9.53 Å². The van der Waals surface area contributed by atoms with E-state index in [1.165, 1.54) is 11.3 Å². The predicted molar refractivity (Wildman–Crippen MR) is 90.2 cm³/mol. The van der Waals surface area contributed by atoms with Crippen LogP contribution in [0.2, 0.25) is 0 Å². The number of morpholine rings is 1. The Morgan fingerprint density at radius 1 is 1.30 bits per heavy atom. The van der Waals surface area contributed by atoms with Gasteiger partial charge in [-0.25, -0.2) is 9.97 Å². The fourth-order valence-corrected chi connectivity index (χ4v) is 2.91. The van der Waals surface area contributed by atoms with Crippen LogP contribution < -0.4 is 15.5 Å². The number of carbonyl (C=O) groups excluding carboxylic acids is 1. The Bertz CT molecular complexity index is 629. The van der Waals surface area contributed by atoms with Gasteiger partial charge >= 0.3 is 0 Å². The quantitative estimate of drug-likeness (QED) is 0.774. The van der Waals surface area contributed by atoms with E-state index in [2.05, 4.69) is 25.5 Å². The first kappa shape index (κ1) is 15.7. The molecule has 8 heteroatoms. The van der Waals surface area contributed by atoms with Gasteiger partial charge in [-0.15, -0.1) is 11.3 Å². The van der Waals surface area contributed by atoms with Crippen LogP contribution in [0.4, 0.5) is 11.6 Å².